The van der Waals surface area contributed by atoms with E-state index in [9.17, 15) is 18.4 Å². The van der Waals surface area contributed by atoms with E-state index >= 15 is 0 Å². The van der Waals surface area contributed by atoms with Crippen LogP contribution in [0.25, 0.3) is 0 Å². The van der Waals surface area contributed by atoms with Crippen molar-refractivity contribution in [2.24, 2.45) is 0 Å². The van der Waals surface area contributed by atoms with E-state index < -0.39 is 23.3 Å². The van der Waals surface area contributed by atoms with Crippen LogP contribution < -0.4 is 5.32 Å². The van der Waals surface area contributed by atoms with Gasteiger partial charge in [0.25, 0.3) is 5.91 Å². The number of carbonyl (C=O) groups is 2. The topological polar surface area (TPSA) is 46.2 Å². The molecule has 0 radical (unpaired) electrons. The summed E-state index contributed by atoms with van der Waals surface area (Å²) in [4.78, 5) is 25.2. The second-order valence-corrected chi connectivity index (χ2v) is 5.90. The van der Waals surface area contributed by atoms with Gasteiger partial charge in [0.15, 0.2) is 5.78 Å². The first-order chi connectivity index (χ1) is 12.5. The standard InChI is InChI=1S/C20H12ClF2NO2/c21-13-7-10-18(17(23)11-13)24-20(26)16-4-2-1-3-15(16)19(25)12-5-8-14(22)9-6-12/h1-11H,(H,24,26). The highest BCUT2D eigenvalue weighted by Crippen LogP contribution is 2.21. The van der Waals surface area contributed by atoms with Crippen molar-refractivity contribution in [1.82, 2.24) is 0 Å². The lowest BCUT2D eigenvalue weighted by molar-refractivity contribution is 0.0996. The lowest BCUT2D eigenvalue weighted by atomic mass is 9.98. The fourth-order valence-electron chi connectivity index (χ4n) is 2.42. The molecule has 0 heterocycles. The highest BCUT2D eigenvalue weighted by Gasteiger charge is 2.19. The van der Waals surface area contributed by atoms with E-state index in [2.05, 4.69) is 5.32 Å². The van der Waals surface area contributed by atoms with Crippen molar-refractivity contribution in [3.63, 3.8) is 0 Å². The summed E-state index contributed by atoms with van der Waals surface area (Å²) in [5, 5.41) is 2.63. The zero-order valence-corrected chi connectivity index (χ0v) is 14.1. The molecular weight excluding hydrogens is 360 g/mol. The second-order valence-electron chi connectivity index (χ2n) is 5.46. The molecule has 1 amide bonds. The summed E-state index contributed by atoms with van der Waals surface area (Å²) < 4.78 is 26.9. The maximum atomic E-state index is 13.9. The van der Waals surface area contributed by atoms with Crippen LogP contribution in [-0.2, 0) is 0 Å². The minimum Gasteiger partial charge on any atom is -0.319 e. The van der Waals surface area contributed by atoms with Crippen LogP contribution in [0.2, 0.25) is 5.02 Å². The highest BCUT2D eigenvalue weighted by molar-refractivity contribution is 6.30. The Morgan fingerprint density at radius 2 is 1.50 bits per heavy atom. The molecule has 0 saturated carbocycles. The molecule has 0 atom stereocenters. The minimum atomic E-state index is -0.687. The monoisotopic (exact) mass is 371 g/mol. The van der Waals surface area contributed by atoms with Crippen molar-refractivity contribution in [1.29, 1.82) is 0 Å². The molecule has 130 valence electrons. The van der Waals surface area contributed by atoms with Crippen molar-refractivity contribution in [3.8, 4) is 0 Å². The van der Waals surface area contributed by atoms with Crippen LogP contribution >= 0.6 is 11.6 Å². The van der Waals surface area contributed by atoms with Crippen LogP contribution in [0, 0.1) is 11.6 Å². The predicted molar refractivity (Wildman–Crippen MR) is 95.6 cm³/mol. The number of amides is 1. The summed E-state index contributed by atoms with van der Waals surface area (Å²) in [7, 11) is 0. The van der Waals surface area contributed by atoms with E-state index in [0.717, 1.165) is 6.07 Å². The number of carbonyl (C=O) groups excluding carboxylic acids is 2. The number of nitrogens with one attached hydrogen (secondary N) is 1. The molecule has 0 aromatic heterocycles. The molecule has 1 N–H and O–H groups in total. The Bertz CT molecular complexity index is 987. The van der Waals surface area contributed by atoms with Crippen molar-refractivity contribution >= 4 is 29.0 Å². The Hall–Kier alpha value is -3.05. The van der Waals surface area contributed by atoms with Crippen LogP contribution in [0.4, 0.5) is 14.5 Å². The van der Waals surface area contributed by atoms with Gasteiger partial charge in [0.2, 0.25) is 0 Å². The Kier molecular flexibility index (Phi) is 5.09. The third-order valence-corrected chi connectivity index (χ3v) is 3.94. The molecular formula is C20H12ClF2NO2. The lowest BCUT2D eigenvalue weighted by Gasteiger charge is -2.10. The first-order valence-electron chi connectivity index (χ1n) is 7.61. The van der Waals surface area contributed by atoms with Gasteiger partial charge in [0.1, 0.15) is 11.6 Å². The Labute approximate surface area is 153 Å². The number of benzene rings is 3. The van der Waals surface area contributed by atoms with Gasteiger partial charge in [-0.25, -0.2) is 8.78 Å². The van der Waals surface area contributed by atoms with Crippen LogP contribution in [0.1, 0.15) is 26.3 Å². The summed E-state index contributed by atoms with van der Waals surface area (Å²) in [6, 6.07) is 15.0. The van der Waals surface area contributed by atoms with Crippen LogP contribution in [-0.4, -0.2) is 11.7 Å². The maximum absolute atomic E-state index is 13.9. The average Bonchev–Trinajstić information content (AvgIpc) is 2.64. The molecule has 3 rings (SSSR count). The predicted octanol–water partition coefficient (Wildman–Crippen LogP) is 5.10. The van der Waals surface area contributed by atoms with Gasteiger partial charge in [-0.3, -0.25) is 9.59 Å². The van der Waals surface area contributed by atoms with E-state index in [1.165, 1.54) is 48.5 Å². The van der Waals surface area contributed by atoms with Gasteiger partial charge >= 0.3 is 0 Å². The Morgan fingerprint density at radius 1 is 0.846 bits per heavy atom. The quantitative estimate of drug-likeness (QED) is 0.648. The molecule has 0 unspecified atom stereocenters. The molecule has 0 saturated heterocycles. The smallest absolute Gasteiger partial charge is 0.256 e. The fourth-order valence-corrected chi connectivity index (χ4v) is 2.58. The summed E-state index contributed by atoms with van der Waals surface area (Å²) >= 11 is 5.69. The fraction of sp³-hybridized carbons (Fsp3) is 0. The lowest BCUT2D eigenvalue weighted by Crippen LogP contribution is -2.17. The SMILES string of the molecule is O=C(Nc1ccc(Cl)cc1F)c1ccccc1C(=O)c1ccc(F)cc1. The third-order valence-electron chi connectivity index (χ3n) is 3.70. The van der Waals surface area contributed by atoms with E-state index in [-0.39, 0.29) is 27.4 Å². The van der Waals surface area contributed by atoms with Gasteiger partial charge in [-0.2, -0.15) is 0 Å². The third kappa shape index (κ3) is 3.78. The number of halogens is 3. The number of hydrogen-bond donors (Lipinski definition) is 1. The Morgan fingerprint density at radius 3 is 2.15 bits per heavy atom. The molecule has 0 aliphatic heterocycles. The zero-order chi connectivity index (χ0) is 18.7. The van der Waals surface area contributed by atoms with Gasteiger partial charge in [0, 0.05) is 16.1 Å². The molecule has 0 aliphatic carbocycles. The zero-order valence-electron chi connectivity index (χ0n) is 13.3. The molecule has 3 nitrogen and oxygen atoms in total. The van der Waals surface area contributed by atoms with E-state index in [1.54, 1.807) is 12.1 Å². The highest BCUT2D eigenvalue weighted by atomic mass is 35.5. The molecule has 0 bridgehead atoms. The number of rotatable bonds is 4. The number of ketones is 1. The van der Waals surface area contributed by atoms with E-state index in [4.69, 9.17) is 11.6 Å². The van der Waals surface area contributed by atoms with Crippen molar-refractivity contribution in [2.75, 3.05) is 5.32 Å². The first-order valence-corrected chi connectivity index (χ1v) is 7.99. The van der Waals surface area contributed by atoms with Crippen LogP contribution in [0.15, 0.2) is 66.7 Å². The summed E-state index contributed by atoms with van der Waals surface area (Å²) in [6.45, 7) is 0. The number of anilines is 1. The molecule has 0 fully saturated rings. The van der Waals surface area contributed by atoms with Gasteiger partial charge in [-0.1, -0.05) is 29.8 Å². The van der Waals surface area contributed by atoms with Crippen molar-refractivity contribution in [2.45, 2.75) is 0 Å². The second kappa shape index (κ2) is 7.45. The Balaban J connectivity index is 1.92. The van der Waals surface area contributed by atoms with E-state index in [0.29, 0.717) is 0 Å². The molecule has 26 heavy (non-hydrogen) atoms. The largest absolute Gasteiger partial charge is 0.319 e. The minimum absolute atomic E-state index is 0.0524. The number of hydrogen-bond acceptors (Lipinski definition) is 2. The molecule has 0 spiro atoms. The molecule has 3 aromatic rings. The average molecular weight is 372 g/mol. The molecule has 3 aromatic carbocycles. The van der Waals surface area contributed by atoms with Crippen molar-refractivity contribution < 1.29 is 18.4 Å². The van der Waals surface area contributed by atoms with Gasteiger partial charge in [-0.05, 0) is 48.5 Å². The van der Waals surface area contributed by atoms with Crippen LogP contribution in [0.5, 0.6) is 0 Å². The van der Waals surface area contributed by atoms with Gasteiger partial charge in [-0.15, -0.1) is 0 Å². The van der Waals surface area contributed by atoms with E-state index in [1.807, 2.05) is 0 Å². The van der Waals surface area contributed by atoms with Crippen LogP contribution in [0.3, 0.4) is 0 Å². The maximum Gasteiger partial charge on any atom is 0.256 e. The summed E-state index contributed by atoms with van der Waals surface area (Å²) in [5.74, 6) is -2.23. The van der Waals surface area contributed by atoms with Crippen molar-refractivity contribution in [3.05, 3.63) is 100 Å². The molecule has 0 aliphatic rings. The first kappa shape index (κ1) is 17.8. The van der Waals surface area contributed by atoms with Gasteiger partial charge < -0.3 is 5.32 Å². The molecule has 6 heteroatoms. The summed E-state index contributed by atoms with van der Waals surface area (Å²) in [5.41, 5.74) is 0.398. The van der Waals surface area contributed by atoms with Gasteiger partial charge in [0.05, 0.1) is 11.3 Å². The normalized spacial score (nSPS) is 10.4. The summed E-state index contributed by atoms with van der Waals surface area (Å²) in [6.07, 6.45) is 0.